The molecule has 0 bridgehead atoms. The fraction of sp³-hybridized carbons (Fsp3) is 0.267. The van der Waals surface area contributed by atoms with E-state index in [1.54, 1.807) is 18.8 Å². The number of benzene rings is 1. The molecule has 10 heteroatoms. The maximum absolute atomic E-state index is 12.6. The Hall–Kier alpha value is -3.04. The maximum atomic E-state index is 12.6. The third kappa shape index (κ3) is 4.08. The minimum absolute atomic E-state index is 0.00243. The van der Waals surface area contributed by atoms with Gasteiger partial charge in [-0.1, -0.05) is 6.07 Å². The molecular weight excluding hydrogens is 343 g/mol. The van der Waals surface area contributed by atoms with E-state index in [0.717, 1.165) is 0 Å². The topological polar surface area (TPSA) is 93.2 Å². The standard InChI is InChI=1S/C15H14F3N3O4/c1-3-25-14(24)19-10-6-9(5-4-8(10)2)21-12(22)7-11(15(16,17)18)20-13(21)23/h4-7H,3H2,1-2H3,(H,19,24)(H,20,23). The number of amides is 1. The van der Waals surface area contributed by atoms with E-state index >= 15 is 0 Å². The molecule has 0 spiro atoms. The number of carbonyl (C=O) groups is 1. The van der Waals surface area contributed by atoms with Gasteiger partial charge < -0.3 is 9.72 Å². The van der Waals surface area contributed by atoms with Gasteiger partial charge in [0.2, 0.25) is 0 Å². The first-order valence-corrected chi connectivity index (χ1v) is 7.12. The van der Waals surface area contributed by atoms with Crippen LogP contribution in [-0.2, 0) is 10.9 Å². The first kappa shape index (κ1) is 18.3. The molecule has 1 aromatic heterocycles. The molecule has 0 aliphatic carbocycles. The van der Waals surface area contributed by atoms with Gasteiger partial charge in [0.15, 0.2) is 0 Å². The number of aromatic nitrogens is 2. The first-order chi connectivity index (χ1) is 11.6. The summed E-state index contributed by atoms with van der Waals surface area (Å²) in [5.41, 5.74) is -2.98. The second kappa shape index (κ2) is 6.83. The fourth-order valence-corrected chi connectivity index (χ4v) is 2.05. The van der Waals surface area contributed by atoms with Gasteiger partial charge in [-0.15, -0.1) is 0 Å². The molecule has 1 aromatic carbocycles. The fourth-order valence-electron chi connectivity index (χ4n) is 2.05. The zero-order valence-electron chi connectivity index (χ0n) is 13.2. The number of hydrogen-bond donors (Lipinski definition) is 2. The summed E-state index contributed by atoms with van der Waals surface area (Å²) in [6, 6.07) is 4.45. The van der Waals surface area contributed by atoms with Crippen molar-refractivity contribution < 1.29 is 22.7 Å². The highest BCUT2D eigenvalue weighted by atomic mass is 19.4. The van der Waals surface area contributed by atoms with E-state index in [0.29, 0.717) is 16.2 Å². The number of nitrogens with zero attached hydrogens (tertiary/aromatic N) is 1. The van der Waals surface area contributed by atoms with Crippen LogP contribution in [0.2, 0.25) is 0 Å². The van der Waals surface area contributed by atoms with Gasteiger partial charge in [-0.25, -0.2) is 14.2 Å². The molecule has 2 aromatic rings. The molecule has 0 saturated carbocycles. The Morgan fingerprint density at radius 3 is 2.52 bits per heavy atom. The summed E-state index contributed by atoms with van der Waals surface area (Å²) in [5.74, 6) is 0. The average Bonchev–Trinajstić information content (AvgIpc) is 2.49. The third-order valence-electron chi connectivity index (χ3n) is 3.23. The molecule has 0 aliphatic heterocycles. The van der Waals surface area contributed by atoms with Crippen LogP contribution in [0.4, 0.5) is 23.7 Å². The number of nitrogens with one attached hydrogen (secondary N) is 2. The molecule has 2 rings (SSSR count). The molecule has 7 nitrogen and oxygen atoms in total. The normalized spacial score (nSPS) is 11.2. The van der Waals surface area contributed by atoms with E-state index in [1.165, 1.54) is 18.2 Å². The number of H-pyrrole nitrogens is 1. The summed E-state index contributed by atoms with van der Waals surface area (Å²) in [4.78, 5) is 37.0. The number of carbonyl (C=O) groups excluding carboxylic acids is 1. The third-order valence-corrected chi connectivity index (χ3v) is 3.23. The minimum Gasteiger partial charge on any atom is -0.450 e. The SMILES string of the molecule is CCOC(=O)Nc1cc(-n2c(=O)cc(C(F)(F)F)[nH]c2=O)ccc1C. The molecule has 0 atom stereocenters. The van der Waals surface area contributed by atoms with E-state index in [9.17, 15) is 27.6 Å². The second-order valence-electron chi connectivity index (χ2n) is 5.00. The highest BCUT2D eigenvalue weighted by molar-refractivity contribution is 5.86. The van der Waals surface area contributed by atoms with E-state index in [1.807, 2.05) is 0 Å². The van der Waals surface area contributed by atoms with Crippen LogP contribution in [0.15, 0.2) is 33.9 Å². The predicted octanol–water partition coefficient (Wildman–Crippen LogP) is 2.42. The number of aromatic amines is 1. The molecule has 1 amide bonds. The van der Waals surface area contributed by atoms with Gasteiger partial charge in [0, 0.05) is 11.8 Å². The van der Waals surface area contributed by atoms with Crippen LogP contribution >= 0.6 is 0 Å². The van der Waals surface area contributed by atoms with Crippen LogP contribution in [0.5, 0.6) is 0 Å². The van der Waals surface area contributed by atoms with Crippen molar-refractivity contribution in [1.29, 1.82) is 0 Å². The number of hydrogen-bond acceptors (Lipinski definition) is 4. The summed E-state index contributed by atoms with van der Waals surface area (Å²) in [6.45, 7) is 3.41. The number of ether oxygens (including phenoxy) is 1. The Balaban J connectivity index is 2.51. The Morgan fingerprint density at radius 2 is 1.96 bits per heavy atom. The van der Waals surface area contributed by atoms with Crippen molar-refractivity contribution in [3.8, 4) is 5.69 Å². The monoisotopic (exact) mass is 357 g/mol. The number of alkyl halides is 3. The molecule has 0 aliphatic rings. The van der Waals surface area contributed by atoms with Gasteiger partial charge in [0.25, 0.3) is 5.56 Å². The highest BCUT2D eigenvalue weighted by Gasteiger charge is 2.33. The van der Waals surface area contributed by atoms with Crippen molar-refractivity contribution in [2.24, 2.45) is 0 Å². The maximum Gasteiger partial charge on any atom is 0.431 e. The van der Waals surface area contributed by atoms with Crippen LogP contribution in [-0.4, -0.2) is 22.3 Å². The predicted molar refractivity (Wildman–Crippen MR) is 83.0 cm³/mol. The second-order valence-corrected chi connectivity index (χ2v) is 5.00. The summed E-state index contributed by atoms with van der Waals surface area (Å²) in [7, 11) is 0. The van der Waals surface area contributed by atoms with Crippen molar-refractivity contribution >= 4 is 11.8 Å². The van der Waals surface area contributed by atoms with E-state index in [2.05, 4.69) is 5.32 Å². The van der Waals surface area contributed by atoms with E-state index < -0.39 is 29.2 Å². The summed E-state index contributed by atoms with van der Waals surface area (Å²) in [6.07, 6.45) is -5.59. The number of halogens is 3. The number of aryl methyl sites for hydroxylation is 1. The van der Waals surface area contributed by atoms with Gasteiger partial charge in [-0.2, -0.15) is 13.2 Å². The lowest BCUT2D eigenvalue weighted by Gasteiger charge is -2.12. The van der Waals surface area contributed by atoms with Crippen LogP contribution in [0.3, 0.4) is 0 Å². The van der Waals surface area contributed by atoms with Crippen molar-refractivity contribution in [2.75, 3.05) is 11.9 Å². The summed E-state index contributed by atoms with van der Waals surface area (Å²) in [5, 5.41) is 2.43. The molecule has 0 unspecified atom stereocenters. The van der Waals surface area contributed by atoms with Crippen molar-refractivity contribution in [1.82, 2.24) is 9.55 Å². The van der Waals surface area contributed by atoms with Crippen molar-refractivity contribution in [3.05, 3.63) is 56.4 Å². The van der Waals surface area contributed by atoms with Gasteiger partial charge in [-0.05, 0) is 31.5 Å². The zero-order valence-corrected chi connectivity index (χ0v) is 13.2. The largest absolute Gasteiger partial charge is 0.450 e. The van der Waals surface area contributed by atoms with Crippen molar-refractivity contribution in [3.63, 3.8) is 0 Å². The Labute approximate surface area is 139 Å². The average molecular weight is 357 g/mol. The van der Waals surface area contributed by atoms with Crippen LogP contribution in [0, 0.1) is 6.92 Å². The molecule has 2 N–H and O–H groups in total. The minimum atomic E-state index is -4.85. The van der Waals surface area contributed by atoms with Crippen LogP contribution in [0.1, 0.15) is 18.2 Å². The van der Waals surface area contributed by atoms with Crippen LogP contribution < -0.4 is 16.6 Å². The lowest BCUT2D eigenvalue weighted by Crippen LogP contribution is -2.35. The van der Waals surface area contributed by atoms with Gasteiger partial charge in [0.1, 0.15) is 5.69 Å². The van der Waals surface area contributed by atoms with Gasteiger partial charge in [-0.3, -0.25) is 10.1 Å². The number of rotatable bonds is 3. The van der Waals surface area contributed by atoms with Gasteiger partial charge in [0.05, 0.1) is 12.3 Å². The molecule has 0 saturated heterocycles. The Morgan fingerprint density at radius 1 is 1.28 bits per heavy atom. The first-order valence-electron chi connectivity index (χ1n) is 7.12. The molecule has 0 fully saturated rings. The lowest BCUT2D eigenvalue weighted by atomic mass is 10.2. The molecule has 0 radical (unpaired) electrons. The molecular formula is C15H14F3N3O4. The van der Waals surface area contributed by atoms with Crippen LogP contribution in [0.25, 0.3) is 5.69 Å². The summed E-state index contributed by atoms with van der Waals surface area (Å²) >= 11 is 0. The molecule has 25 heavy (non-hydrogen) atoms. The van der Waals surface area contributed by atoms with E-state index in [-0.39, 0.29) is 18.0 Å². The van der Waals surface area contributed by atoms with Crippen molar-refractivity contribution in [2.45, 2.75) is 20.0 Å². The lowest BCUT2D eigenvalue weighted by molar-refractivity contribution is -0.141. The van der Waals surface area contributed by atoms with Gasteiger partial charge >= 0.3 is 18.0 Å². The Kier molecular flexibility index (Phi) is 5.00. The molecule has 134 valence electrons. The molecule has 1 heterocycles. The summed E-state index contributed by atoms with van der Waals surface area (Å²) < 4.78 is 43.2. The highest BCUT2D eigenvalue weighted by Crippen LogP contribution is 2.25. The zero-order chi connectivity index (χ0) is 18.8. The quantitative estimate of drug-likeness (QED) is 0.882. The Bertz CT molecular complexity index is 884. The smallest absolute Gasteiger partial charge is 0.431 e. The number of anilines is 1. The van der Waals surface area contributed by atoms with E-state index in [4.69, 9.17) is 4.74 Å².